The van der Waals surface area contributed by atoms with E-state index in [4.69, 9.17) is 0 Å². The van der Waals surface area contributed by atoms with Gasteiger partial charge in [-0.2, -0.15) is 0 Å². The molecule has 2 aromatic rings. The summed E-state index contributed by atoms with van der Waals surface area (Å²) in [6, 6.07) is 17.6. The summed E-state index contributed by atoms with van der Waals surface area (Å²) in [6.07, 6.45) is 1.01. The first-order valence-electron chi connectivity index (χ1n) is 9.74. The highest BCUT2D eigenvalue weighted by Gasteiger charge is 2.30. The molecule has 0 aromatic heterocycles. The molecule has 154 valence electrons. The molecule has 6 heteroatoms. The molecule has 5 nitrogen and oxygen atoms in total. The molecule has 2 unspecified atom stereocenters. The van der Waals surface area contributed by atoms with Gasteiger partial charge in [0, 0.05) is 11.3 Å². The standard InChI is InChI=1S/C23H27NO4S/c1-3-10-20(22(26)27)24-21(25)19(16(2)17-11-6-4-7-12-17)15-29-23(28)18-13-8-5-9-14-18/h4-9,11-14,16,19-20H,3,10,15H2,1-2H3,(H,24,25)(H,26,27)/t16?,19?,20-/m0/s1. The minimum atomic E-state index is -1.04. The average molecular weight is 414 g/mol. The number of carbonyl (C=O) groups is 3. The second kappa shape index (κ2) is 11.4. The van der Waals surface area contributed by atoms with Crippen LogP contribution >= 0.6 is 11.8 Å². The van der Waals surface area contributed by atoms with Crippen LogP contribution in [0.2, 0.25) is 0 Å². The van der Waals surface area contributed by atoms with E-state index in [0.717, 1.165) is 17.3 Å². The van der Waals surface area contributed by atoms with Crippen molar-refractivity contribution in [2.45, 2.75) is 38.6 Å². The van der Waals surface area contributed by atoms with Crippen molar-refractivity contribution in [2.24, 2.45) is 5.92 Å². The van der Waals surface area contributed by atoms with E-state index in [2.05, 4.69) is 5.32 Å². The molecule has 0 bridgehead atoms. The molecule has 2 N–H and O–H groups in total. The van der Waals surface area contributed by atoms with Crippen molar-refractivity contribution in [3.8, 4) is 0 Å². The van der Waals surface area contributed by atoms with Gasteiger partial charge in [0.1, 0.15) is 6.04 Å². The molecule has 0 spiro atoms. The monoisotopic (exact) mass is 413 g/mol. The number of carbonyl (C=O) groups excluding carboxylic acids is 2. The smallest absolute Gasteiger partial charge is 0.326 e. The number of carboxylic acid groups (broad SMARTS) is 1. The number of aliphatic carboxylic acids is 1. The maximum atomic E-state index is 13.0. The highest BCUT2D eigenvalue weighted by molar-refractivity contribution is 8.14. The lowest BCUT2D eigenvalue weighted by Gasteiger charge is -2.25. The quantitative estimate of drug-likeness (QED) is 0.605. The summed E-state index contributed by atoms with van der Waals surface area (Å²) in [4.78, 5) is 37.0. The fourth-order valence-corrected chi connectivity index (χ4v) is 4.16. The highest BCUT2D eigenvalue weighted by Crippen LogP contribution is 2.29. The van der Waals surface area contributed by atoms with Gasteiger partial charge in [-0.3, -0.25) is 9.59 Å². The molecule has 0 saturated carbocycles. The summed E-state index contributed by atoms with van der Waals surface area (Å²) in [7, 11) is 0. The molecule has 0 aliphatic carbocycles. The third-order valence-electron chi connectivity index (χ3n) is 4.86. The second-order valence-corrected chi connectivity index (χ2v) is 7.95. The van der Waals surface area contributed by atoms with Gasteiger partial charge in [-0.25, -0.2) is 4.79 Å². The predicted molar refractivity (Wildman–Crippen MR) is 116 cm³/mol. The van der Waals surface area contributed by atoms with E-state index in [1.807, 2.05) is 50.2 Å². The normalized spacial score (nSPS) is 13.9. The number of nitrogens with one attached hydrogen (secondary N) is 1. The lowest BCUT2D eigenvalue weighted by atomic mass is 9.88. The van der Waals surface area contributed by atoms with E-state index < -0.39 is 17.9 Å². The minimum Gasteiger partial charge on any atom is -0.480 e. The lowest BCUT2D eigenvalue weighted by molar-refractivity contribution is -0.142. The van der Waals surface area contributed by atoms with Crippen LogP contribution in [0.3, 0.4) is 0 Å². The molecule has 0 saturated heterocycles. The number of rotatable bonds is 10. The summed E-state index contributed by atoms with van der Waals surface area (Å²) in [6.45, 7) is 3.81. The SMILES string of the molecule is CCC[C@H](NC(=O)C(CSC(=O)c1ccccc1)C(C)c1ccccc1)C(=O)O. The molecule has 3 atom stereocenters. The fraction of sp³-hybridized carbons (Fsp3) is 0.348. The van der Waals surface area contributed by atoms with Gasteiger partial charge in [0.25, 0.3) is 0 Å². The number of thioether (sulfide) groups is 1. The largest absolute Gasteiger partial charge is 0.480 e. The van der Waals surface area contributed by atoms with Gasteiger partial charge in [-0.05, 0) is 17.9 Å². The van der Waals surface area contributed by atoms with Crippen molar-refractivity contribution in [1.82, 2.24) is 5.32 Å². The van der Waals surface area contributed by atoms with Crippen LogP contribution in [0, 0.1) is 5.92 Å². The summed E-state index contributed by atoms with van der Waals surface area (Å²) >= 11 is 1.09. The Hall–Kier alpha value is -2.60. The van der Waals surface area contributed by atoms with Crippen molar-refractivity contribution in [1.29, 1.82) is 0 Å². The van der Waals surface area contributed by atoms with Crippen molar-refractivity contribution < 1.29 is 19.5 Å². The van der Waals surface area contributed by atoms with Crippen molar-refractivity contribution in [3.05, 3.63) is 71.8 Å². The van der Waals surface area contributed by atoms with Crippen molar-refractivity contribution in [2.75, 3.05) is 5.75 Å². The van der Waals surface area contributed by atoms with Gasteiger partial charge in [0.2, 0.25) is 11.0 Å². The first-order valence-corrected chi connectivity index (χ1v) is 10.7. The van der Waals surface area contributed by atoms with Crippen molar-refractivity contribution in [3.63, 3.8) is 0 Å². The molecule has 0 fully saturated rings. The summed E-state index contributed by atoms with van der Waals surface area (Å²) < 4.78 is 0. The van der Waals surface area contributed by atoms with Crippen LogP contribution in [0.1, 0.15) is 48.5 Å². The maximum absolute atomic E-state index is 13.0. The van der Waals surface area contributed by atoms with Crippen molar-refractivity contribution >= 4 is 28.8 Å². The van der Waals surface area contributed by atoms with Gasteiger partial charge >= 0.3 is 5.97 Å². The Labute approximate surface area is 175 Å². The number of benzene rings is 2. The summed E-state index contributed by atoms with van der Waals surface area (Å²) in [5.41, 5.74) is 1.56. The first kappa shape index (κ1) is 22.7. The molecule has 29 heavy (non-hydrogen) atoms. The van der Waals surface area contributed by atoms with Crippen LogP contribution in [-0.2, 0) is 9.59 Å². The fourth-order valence-electron chi connectivity index (χ4n) is 3.08. The Kier molecular flexibility index (Phi) is 8.93. The van der Waals surface area contributed by atoms with E-state index in [9.17, 15) is 19.5 Å². The molecular formula is C23H27NO4S. The van der Waals surface area contributed by atoms with Crippen LogP contribution < -0.4 is 5.32 Å². The molecule has 1 amide bonds. The second-order valence-electron chi connectivity index (χ2n) is 6.96. The van der Waals surface area contributed by atoms with E-state index in [0.29, 0.717) is 18.4 Å². The average Bonchev–Trinajstić information content (AvgIpc) is 2.74. The third-order valence-corrected chi connectivity index (χ3v) is 5.88. The van der Waals surface area contributed by atoms with Crippen LogP contribution in [0.15, 0.2) is 60.7 Å². The zero-order chi connectivity index (χ0) is 21.2. The molecule has 0 aliphatic heterocycles. The maximum Gasteiger partial charge on any atom is 0.326 e. The zero-order valence-corrected chi connectivity index (χ0v) is 17.5. The van der Waals surface area contributed by atoms with E-state index in [-0.39, 0.29) is 22.7 Å². The van der Waals surface area contributed by atoms with Gasteiger partial charge in [-0.1, -0.05) is 92.7 Å². The Morgan fingerprint density at radius 2 is 1.59 bits per heavy atom. The van der Waals surface area contributed by atoms with Gasteiger partial charge in [-0.15, -0.1) is 0 Å². The molecule has 0 aliphatic rings. The summed E-state index contributed by atoms with van der Waals surface area (Å²) in [5.74, 6) is -1.80. The molecule has 0 radical (unpaired) electrons. The van der Waals surface area contributed by atoms with Gasteiger partial charge in [0.15, 0.2) is 0 Å². The number of amides is 1. The number of carboxylic acids is 1. The van der Waals surface area contributed by atoms with Crippen LogP contribution in [0.4, 0.5) is 0 Å². The molecule has 0 heterocycles. The molecule has 2 aromatic carbocycles. The molecule has 2 rings (SSSR count). The van der Waals surface area contributed by atoms with E-state index >= 15 is 0 Å². The van der Waals surface area contributed by atoms with E-state index in [1.165, 1.54) is 0 Å². The zero-order valence-electron chi connectivity index (χ0n) is 16.7. The van der Waals surface area contributed by atoms with Crippen LogP contribution in [-0.4, -0.2) is 33.9 Å². The Bertz CT molecular complexity index is 810. The van der Waals surface area contributed by atoms with Gasteiger partial charge in [0.05, 0.1) is 5.92 Å². The van der Waals surface area contributed by atoms with E-state index in [1.54, 1.807) is 24.3 Å². The van der Waals surface area contributed by atoms with Crippen LogP contribution in [0.5, 0.6) is 0 Å². The molecular weight excluding hydrogens is 386 g/mol. The summed E-state index contributed by atoms with van der Waals surface area (Å²) in [5, 5.41) is 11.9. The Morgan fingerprint density at radius 1 is 1.00 bits per heavy atom. The first-order chi connectivity index (χ1) is 13.9. The predicted octanol–water partition coefficient (Wildman–Crippen LogP) is 4.35. The Balaban J connectivity index is 2.17. The number of hydrogen-bond acceptors (Lipinski definition) is 4. The minimum absolute atomic E-state index is 0.105. The van der Waals surface area contributed by atoms with Gasteiger partial charge < -0.3 is 10.4 Å². The third kappa shape index (κ3) is 6.75. The highest BCUT2D eigenvalue weighted by atomic mass is 32.2. The lowest BCUT2D eigenvalue weighted by Crippen LogP contribution is -2.45. The topological polar surface area (TPSA) is 83.5 Å². The Morgan fingerprint density at radius 3 is 2.14 bits per heavy atom. The number of hydrogen-bond donors (Lipinski definition) is 2. The van der Waals surface area contributed by atoms with Crippen LogP contribution in [0.25, 0.3) is 0 Å².